The van der Waals surface area contributed by atoms with Crippen molar-refractivity contribution in [3.05, 3.63) is 42.5 Å². The summed E-state index contributed by atoms with van der Waals surface area (Å²) < 4.78 is 18.0. The van der Waals surface area contributed by atoms with E-state index in [1.807, 2.05) is 39.8 Å². The van der Waals surface area contributed by atoms with Crippen LogP contribution < -0.4 is 16.4 Å². The Hall–Kier alpha value is -2.13. The molecule has 42 heavy (non-hydrogen) atoms. The molecule has 2 amide bonds. The molecule has 0 aliphatic carbocycles. The van der Waals surface area contributed by atoms with Gasteiger partial charge in [0.1, 0.15) is 6.10 Å². The van der Waals surface area contributed by atoms with Crippen molar-refractivity contribution < 1.29 is 44.5 Å². The Kier molecular flexibility index (Phi) is 12.3. The van der Waals surface area contributed by atoms with Gasteiger partial charge in [0.25, 0.3) is 0 Å². The van der Waals surface area contributed by atoms with E-state index in [0.717, 1.165) is 0 Å². The SMILES string of the molecule is CC(C)/C=C/C(C[C@@H]1OC(O)(CC(O)C(C)C)C[C@H](O)C1NC(=O)Nc1ccccc1)OC1OC(C)C(O)C(N)C1O. The fraction of sp³-hybridized carbons (Fsp3) is 0.700. The smallest absolute Gasteiger partial charge is 0.319 e. The molecule has 2 aliphatic rings. The second kappa shape index (κ2) is 15.0. The molecule has 0 spiro atoms. The van der Waals surface area contributed by atoms with Crippen LogP contribution in [0.3, 0.4) is 0 Å². The fourth-order valence-electron chi connectivity index (χ4n) is 5.13. The molecule has 0 radical (unpaired) electrons. The Morgan fingerprint density at radius 1 is 1.14 bits per heavy atom. The zero-order chi connectivity index (χ0) is 31.2. The molecule has 2 aliphatic heterocycles. The summed E-state index contributed by atoms with van der Waals surface area (Å²) in [5, 5.41) is 59.5. The van der Waals surface area contributed by atoms with E-state index in [9.17, 15) is 30.3 Å². The Bertz CT molecular complexity index is 1010. The van der Waals surface area contributed by atoms with E-state index < -0.39 is 72.9 Å². The number of carbonyl (C=O) groups is 1. The van der Waals surface area contributed by atoms with Gasteiger partial charge in [-0.25, -0.2) is 4.79 Å². The van der Waals surface area contributed by atoms with E-state index in [-0.39, 0.29) is 31.1 Å². The number of allylic oxidation sites excluding steroid dienone is 1. The molecule has 2 fully saturated rings. The maximum atomic E-state index is 12.9. The molecule has 9 unspecified atom stereocenters. The summed E-state index contributed by atoms with van der Waals surface area (Å²) in [7, 11) is 0. The van der Waals surface area contributed by atoms with Crippen LogP contribution in [-0.4, -0.2) is 98.5 Å². The first-order valence-electron chi connectivity index (χ1n) is 14.7. The summed E-state index contributed by atoms with van der Waals surface area (Å²) in [6, 6.07) is 6.24. The molecule has 1 aromatic rings. The third-order valence-corrected chi connectivity index (χ3v) is 7.72. The fourth-order valence-corrected chi connectivity index (χ4v) is 5.13. The van der Waals surface area contributed by atoms with Crippen LogP contribution >= 0.6 is 0 Å². The second-order valence-electron chi connectivity index (χ2n) is 12.2. The van der Waals surface area contributed by atoms with Crippen LogP contribution in [0.5, 0.6) is 0 Å². The maximum absolute atomic E-state index is 12.9. The van der Waals surface area contributed by atoms with Crippen LogP contribution in [0.4, 0.5) is 10.5 Å². The van der Waals surface area contributed by atoms with Crippen LogP contribution in [-0.2, 0) is 14.2 Å². The van der Waals surface area contributed by atoms with Crippen molar-refractivity contribution in [2.75, 3.05) is 5.32 Å². The van der Waals surface area contributed by atoms with Crippen LogP contribution in [0, 0.1) is 11.8 Å². The van der Waals surface area contributed by atoms with Crippen LogP contribution in [0.2, 0.25) is 0 Å². The minimum atomic E-state index is -1.88. The average molecular weight is 596 g/mol. The number of nitrogens with two attached hydrogens (primary N) is 1. The Morgan fingerprint density at radius 3 is 2.43 bits per heavy atom. The van der Waals surface area contributed by atoms with Crippen molar-refractivity contribution in [1.29, 1.82) is 0 Å². The van der Waals surface area contributed by atoms with Crippen LogP contribution in [0.1, 0.15) is 53.9 Å². The molecule has 0 saturated carbocycles. The van der Waals surface area contributed by atoms with Gasteiger partial charge in [-0.1, -0.05) is 58.0 Å². The molecule has 2 saturated heterocycles. The Balaban J connectivity index is 1.87. The van der Waals surface area contributed by atoms with E-state index in [4.69, 9.17) is 19.9 Å². The van der Waals surface area contributed by atoms with Gasteiger partial charge in [0.15, 0.2) is 12.1 Å². The summed E-state index contributed by atoms with van der Waals surface area (Å²) in [6.07, 6.45) is -4.91. The third kappa shape index (κ3) is 9.43. The number of hydrogen-bond donors (Lipinski definition) is 8. The predicted octanol–water partition coefficient (Wildman–Crippen LogP) is 1.20. The third-order valence-electron chi connectivity index (χ3n) is 7.72. The number of para-hydroxylation sites is 1. The zero-order valence-corrected chi connectivity index (χ0v) is 25.0. The van der Waals surface area contributed by atoms with Gasteiger partial charge >= 0.3 is 6.03 Å². The quantitative estimate of drug-likeness (QED) is 0.172. The summed E-state index contributed by atoms with van der Waals surface area (Å²) in [5.74, 6) is -1.91. The van der Waals surface area contributed by atoms with Gasteiger partial charge in [0.05, 0.1) is 48.7 Å². The molecular weight excluding hydrogens is 546 g/mol. The molecule has 12 heteroatoms. The van der Waals surface area contributed by atoms with Crippen molar-refractivity contribution in [1.82, 2.24) is 5.32 Å². The van der Waals surface area contributed by atoms with Crippen LogP contribution in [0.15, 0.2) is 42.5 Å². The van der Waals surface area contributed by atoms with Gasteiger partial charge in [-0.3, -0.25) is 0 Å². The van der Waals surface area contributed by atoms with Gasteiger partial charge < -0.3 is 56.1 Å². The van der Waals surface area contributed by atoms with Gasteiger partial charge in [-0.15, -0.1) is 0 Å². The molecule has 12 nitrogen and oxygen atoms in total. The van der Waals surface area contributed by atoms with E-state index in [2.05, 4.69) is 10.6 Å². The molecule has 0 bridgehead atoms. The topological polar surface area (TPSA) is 196 Å². The van der Waals surface area contributed by atoms with Gasteiger partial charge in [-0.05, 0) is 30.9 Å². The van der Waals surface area contributed by atoms with Crippen LogP contribution in [0.25, 0.3) is 0 Å². The molecule has 9 N–H and O–H groups in total. The lowest BCUT2D eigenvalue weighted by Gasteiger charge is -2.46. The molecule has 238 valence electrons. The number of aliphatic hydroxyl groups excluding tert-OH is 4. The first-order valence-corrected chi connectivity index (χ1v) is 14.7. The minimum absolute atomic E-state index is 0.0232. The number of rotatable bonds is 11. The van der Waals surface area contributed by atoms with Crippen molar-refractivity contribution in [2.24, 2.45) is 17.6 Å². The maximum Gasteiger partial charge on any atom is 0.319 e. The highest BCUT2D eigenvalue weighted by Crippen LogP contribution is 2.35. The molecule has 0 aromatic heterocycles. The number of aliphatic hydroxyl groups is 5. The first-order chi connectivity index (χ1) is 19.7. The van der Waals surface area contributed by atoms with E-state index in [1.54, 1.807) is 37.3 Å². The monoisotopic (exact) mass is 595 g/mol. The Morgan fingerprint density at radius 2 is 1.81 bits per heavy atom. The van der Waals surface area contributed by atoms with Crippen molar-refractivity contribution in [3.8, 4) is 0 Å². The number of anilines is 1. The zero-order valence-electron chi connectivity index (χ0n) is 25.0. The summed E-state index contributed by atoms with van der Waals surface area (Å²) in [4.78, 5) is 12.9. The van der Waals surface area contributed by atoms with Gasteiger partial charge in [-0.2, -0.15) is 0 Å². The predicted molar refractivity (Wildman–Crippen MR) is 156 cm³/mol. The minimum Gasteiger partial charge on any atom is -0.393 e. The molecule has 1 aromatic carbocycles. The molecule has 2 heterocycles. The number of amides is 2. The number of nitrogens with one attached hydrogen (secondary N) is 2. The summed E-state index contributed by atoms with van der Waals surface area (Å²) >= 11 is 0. The molecule has 11 atom stereocenters. The number of benzene rings is 1. The molecule has 3 rings (SSSR count). The number of urea groups is 1. The van der Waals surface area contributed by atoms with Crippen molar-refractivity contribution >= 4 is 11.7 Å². The van der Waals surface area contributed by atoms with E-state index in [0.29, 0.717) is 5.69 Å². The van der Waals surface area contributed by atoms with Gasteiger partial charge in [0.2, 0.25) is 0 Å². The van der Waals surface area contributed by atoms with Crippen molar-refractivity contribution in [2.45, 2.75) is 121 Å². The van der Waals surface area contributed by atoms with Gasteiger partial charge in [0, 0.05) is 24.9 Å². The van der Waals surface area contributed by atoms with E-state index in [1.165, 1.54) is 0 Å². The largest absolute Gasteiger partial charge is 0.393 e. The summed E-state index contributed by atoms with van der Waals surface area (Å²) in [6.45, 7) is 9.18. The Labute approximate surface area is 247 Å². The average Bonchev–Trinajstić information content (AvgIpc) is 2.91. The number of ether oxygens (including phenoxy) is 3. The highest BCUT2D eigenvalue weighted by Gasteiger charge is 2.49. The van der Waals surface area contributed by atoms with Crippen molar-refractivity contribution in [3.63, 3.8) is 0 Å². The standard InChI is InChI=1S/C30H49N3O9/c1-16(2)11-12-20(41-28-27(37)24(31)26(36)18(5)40-28)13-23-25(33-29(38)32-19-9-7-6-8-10-19)22(35)15-30(39,42-23)14-21(34)17(3)4/h6-12,16-18,20-28,34-37,39H,13-15,31H2,1-5H3,(H2,32,33,38)/b12-11+/t18?,20?,21?,22-,23-,24?,25?,26?,27?,28?,30?/m0/s1. The number of hydrogen-bond acceptors (Lipinski definition) is 10. The lowest BCUT2D eigenvalue weighted by Crippen LogP contribution is -2.63. The normalized spacial score (nSPS) is 35.4. The highest BCUT2D eigenvalue weighted by atomic mass is 16.7. The lowest BCUT2D eigenvalue weighted by molar-refractivity contribution is -0.303. The van der Waals surface area contributed by atoms with E-state index >= 15 is 0 Å². The second-order valence-corrected chi connectivity index (χ2v) is 12.2. The summed E-state index contributed by atoms with van der Waals surface area (Å²) in [5.41, 5.74) is 6.55. The highest BCUT2D eigenvalue weighted by molar-refractivity contribution is 5.89. The lowest BCUT2D eigenvalue weighted by atomic mass is 9.86. The number of carbonyl (C=O) groups excluding carboxylic acids is 1. The first kappa shape index (κ1) is 34.4. The molecular formula is C30H49N3O9.